The summed E-state index contributed by atoms with van der Waals surface area (Å²) in [5, 5.41) is 0. The van der Waals surface area contributed by atoms with Crippen LogP contribution in [0, 0.1) is 13.8 Å². The van der Waals surface area contributed by atoms with Gasteiger partial charge in [-0.25, -0.2) is 0 Å². The molecule has 0 aliphatic carbocycles. The largest absolute Gasteiger partial charge is 0.352 e. The van der Waals surface area contributed by atoms with E-state index in [1.807, 2.05) is 6.07 Å². The molecular formula is C13H13NO. The molecule has 1 N–H and O–H groups in total. The zero-order valence-electron chi connectivity index (χ0n) is 8.87. The van der Waals surface area contributed by atoms with Crippen LogP contribution in [0.25, 0.3) is 11.3 Å². The minimum Gasteiger partial charge on any atom is -0.352 e. The molecule has 0 atom stereocenters. The molecule has 0 radical (unpaired) electrons. The normalized spacial score (nSPS) is 10.3. The zero-order valence-corrected chi connectivity index (χ0v) is 8.87. The van der Waals surface area contributed by atoms with Gasteiger partial charge in [0.2, 0.25) is 0 Å². The molecular weight excluding hydrogens is 186 g/mol. The van der Waals surface area contributed by atoms with Gasteiger partial charge in [-0.15, -0.1) is 0 Å². The molecule has 0 aliphatic heterocycles. The van der Waals surface area contributed by atoms with E-state index in [1.54, 1.807) is 6.07 Å². The minimum atomic E-state index is 0.616. The summed E-state index contributed by atoms with van der Waals surface area (Å²) in [5.41, 5.74) is 5.22. The van der Waals surface area contributed by atoms with E-state index >= 15 is 0 Å². The topological polar surface area (TPSA) is 32.9 Å². The lowest BCUT2D eigenvalue weighted by Gasteiger charge is -2.04. The van der Waals surface area contributed by atoms with Crippen molar-refractivity contribution in [3.8, 4) is 11.3 Å². The fourth-order valence-corrected chi connectivity index (χ4v) is 1.75. The number of hydrogen-bond acceptors (Lipinski definition) is 1. The first-order chi connectivity index (χ1) is 7.20. The lowest BCUT2D eigenvalue weighted by atomic mass is 10.0. The lowest BCUT2D eigenvalue weighted by Crippen LogP contribution is -1.85. The van der Waals surface area contributed by atoms with Gasteiger partial charge in [0.15, 0.2) is 6.29 Å². The highest BCUT2D eigenvalue weighted by molar-refractivity contribution is 5.76. The van der Waals surface area contributed by atoms with Crippen LogP contribution >= 0.6 is 0 Å². The van der Waals surface area contributed by atoms with Crippen molar-refractivity contribution in [3.63, 3.8) is 0 Å². The fourth-order valence-electron chi connectivity index (χ4n) is 1.75. The first-order valence-corrected chi connectivity index (χ1v) is 4.92. The summed E-state index contributed by atoms with van der Waals surface area (Å²) >= 11 is 0. The first kappa shape index (κ1) is 9.71. The molecule has 0 fully saturated rings. The predicted molar refractivity (Wildman–Crippen MR) is 61.1 cm³/mol. The molecule has 2 nitrogen and oxygen atoms in total. The Morgan fingerprint density at radius 3 is 2.53 bits per heavy atom. The smallest absolute Gasteiger partial charge is 0.166 e. The SMILES string of the molecule is Cc1ccc(-c2ccc(C=O)[nH]2)c(C)c1. The Morgan fingerprint density at radius 1 is 1.13 bits per heavy atom. The minimum absolute atomic E-state index is 0.616. The van der Waals surface area contributed by atoms with Crippen LogP contribution in [-0.2, 0) is 0 Å². The van der Waals surface area contributed by atoms with Crippen molar-refractivity contribution < 1.29 is 4.79 Å². The molecule has 2 aromatic rings. The van der Waals surface area contributed by atoms with Crippen LogP contribution in [0.1, 0.15) is 21.6 Å². The van der Waals surface area contributed by atoms with Gasteiger partial charge in [0.05, 0.1) is 5.69 Å². The van der Waals surface area contributed by atoms with Crippen LogP contribution in [0.15, 0.2) is 30.3 Å². The maximum atomic E-state index is 10.6. The van der Waals surface area contributed by atoms with Crippen LogP contribution in [-0.4, -0.2) is 11.3 Å². The highest BCUT2D eigenvalue weighted by Gasteiger charge is 2.04. The van der Waals surface area contributed by atoms with Gasteiger partial charge in [0.1, 0.15) is 0 Å². The van der Waals surface area contributed by atoms with Gasteiger partial charge in [0, 0.05) is 11.3 Å². The van der Waals surface area contributed by atoms with E-state index in [0.29, 0.717) is 5.69 Å². The van der Waals surface area contributed by atoms with E-state index in [2.05, 4.69) is 37.0 Å². The zero-order chi connectivity index (χ0) is 10.8. The molecule has 76 valence electrons. The van der Waals surface area contributed by atoms with E-state index < -0.39 is 0 Å². The molecule has 0 unspecified atom stereocenters. The van der Waals surface area contributed by atoms with Crippen LogP contribution in [0.5, 0.6) is 0 Å². The van der Waals surface area contributed by atoms with Crippen LogP contribution in [0.4, 0.5) is 0 Å². The van der Waals surface area contributed by atoms with Gasteiger partial charge in [0.25, 0.3) is 0 Å². The second-order valence-corrected chi connectivity index (χ2v) is 3.76. The van der Waals surface area contributed by atoms with Crippen molar-refractivity contribution in [3.05, 3.63) is 47.2 Å². The van der Waals surface area contributed by atoms with Crippen molar-refractivity contribution in [2.24, 2.45) is 0 Å². The third kappa shape index (κ3) is 1.84. The number of aryl methyl sites for hydroxylation is 2. The Morgan fingerprint density at radius 2 is 1.93 bits per heavy atom. The number of carbonyl (C=O) groups is 1. The lowest BCUT2D eigenvalue weighted by molar-refractivity contribution is 0.111. The monoisotopic (exact) mass is 199 g/mol. The number of carbonyl (C=O) groups excluding carboxylic acids is 1. The Kier molecular flexibility index (Phi) is 2.42. The summed E-state index contributed by atoms with van der Waals surface area (Å²) in [6.07, 6.45) is 0.826. The van der Waals surface area contributed by atoms with Gasteiger partial charge < -0.3 is 4.98 Å². The van der Waals surface area contributed by atoms with Crippen molar-refractivity contribution in [1.29, 1.82) is 0 Å². The molecule has 15 heavy (non-hydrogen) atoms. The Bertz CT molecular complexity index is 497. The van der Waals surface area contributed by atoms with Crippen molar-refractivity contribution in [1.82, 2.24) is 4.98 Å². The molecule has 0 saturated heterocycles. The summed E-state index contributed by atoms with van der Waals surface area (Å²) in [6, 6.07) is 10.0. The highest BCUT2D eigenvalue weighted by Crippen LogP contribution is 2.23. The molecule has 0 aliphatic rings. The molecule has 1 aromatic carbocycles. The van der Waals surface area contributed by atoms with E-state index in [4.69, 9.17) is 0 Å². The fraction of sp³-hybridized carbons (Fsp3) is 0.154. The van der Waals surface area contributed by atoms with Crippen LogP contribution in [0.2, 0.25) is 0 Å². The second kappa shape index (κ2) is 3.73. The van der Waals surface area contributed by atoms with Crippen molar-refractivity contribution in [2.45, 2.75) is 13.8 Å². The third-order valence-corrected chi connectivity index (χ3v) is 2.51. The molecule has 1 aromatic heterocycles. The molecule has 2 rings (SSSR count). The molecule has 2 heteroatoms. The molecule has 0 spiro atoms. The average Bonchev–Trinajstić information content (AvgIpc) is 2.66. The van der Waals surface area contributed by atoms with E-state index in [9.17, 15) is 4.79 Å². The van der Waals surface area contributed by atoms with E-state index in [0.717, 1.165) is 17.5 Å². The average molecular weight is 199 g/mol. The maximum Gasteiger partial charge on any atom is 0.166 e. The van der Waals surface area contributed by atoms with Gasteiger partial charge in [-0.3, -0.25) is 4.79 Å². The second-order valence-electron chi connectivity index (χ2n) is 3.76. The number of rotatable bonds is 2. The summed E-state index contributed by atoms with van der Waals surface area (Å²) in [7, 11) is 0. The standard InChI is InChI=1S/C13H13NO/c1-9-3-5-12(10(2)7-9)13-6-4-11(8-15)14-13/h3-8,14H,1-2H3. The van der Waals surface area contributed by atoms with Crippen LogP contribution in [0.3, 0.4) is 0 Å². The molecule has 1 heterocycles. The highest BCUT2D eigenvalue weighted by atomic mass is 16.1. The first-order valence-electron chi connectivity index (χ1n) is 4.92. The number of benzene rings is 1. The predicted octanol–water partition coefficient (Wildman–Crippen LogP) is 3.11. The van der Waals surface area contributed by atoms with E-state index in [-0.39, 0.29) is 0 Å². The Balaban J connectivity index is 2.49. The summed E-state index contributed by atoms with van der Waals surface area (Å²) in [4.78, 5) is 13.6. The summed E-state index contributed by atoms with van der Waals surface area (Å²) < 4.78 is 0. The van der Waals surface area contributed by atoms with Gasteiger partial charge in [-0.05, 0) is 31.5 Å². The van der Waals surface area contributed by atoms with E-state index in [1.165, 1.54) is 11.1 Å². The van der Waals surface area contributed by atoms with Gasteiger partial charge >= 0.3 is 0 Å². The number of nitrogens with one attached hydrogen (secondary N) is 1. The van der Waals surface area contributed by atoms with Crippen molar-refractivity contribution >= 4 is 6.29 Å². The van der Waals surface area contributed by atoms with Crippen molar-refractivity contribution in [2.75, 3.05) is 0 Å². The maximum absolute atomic E-state index is 10.6. The molecule has 0 bridgehead atoms. The number of aromatic nitrogens is 1. The summed E-state index contributed by atoms with van der Waals surface area (Å²) in [6.45, 7) is 4.14. The third-order valence-electron chi connectivity index (χ3n) is 2.51. The molecule has 0 amide bonds. The number of H-pyrrole nitrogens is 1. The van der Waals surface area contributed by atoms with Crippen LogP contribution < -0.4 is 0 Å². The number of hydrogen-bond donors (Lipinski definition) is 1. The summed E-state index contributed by atoms with van der Waals surface area (Å²) in [5.74, 6) is 0. The quantitative estimate of drug-likeness (QED) is 0.740. The Labute approximate surface area is 89.0 Å². The number of aldehydes is 1. The number of aromatic amines is 1. The van der Waals surface area contributed by atoms with Gasteiger partial charge in [-0.1, -0.05) is 23.8 Å². The molecule has 0 saturated carbocycles. The Hall–Kier alpha value is -1.83. The van der Waals surface area contributed by atoms with Gasteiger partial charge in [-0.2, -0.15) is 0 Å².